The van der Waals surface area contributed by atoms with E-state index in [4.69, 9.17) is 0 Å². The third-order valence-electron chi connectivity index (χ3n) is 2.98. The Kier molecular flexibility index (Phi) is 2.28. The molecule has 0 spiro atoms. The maximum atomic E-state index is 11.0. The summed E-state index contributed by atoms with van der Waals surface area (Å²) in [6.45, 7) is 3.75. The zero-order valence-electron chi connectivity index (χ0n) is 8.58. The number of carbonyl (C=O) groups is 1. The summed E-state index contributed by atoms with van der Waals surface area (Å²) >= 11 is 0. The molecule has 1 aliphatic carbocycles. The van der Waals surface area contributed by atoms with Gasteiger partial charge in [-0.2, -0.15) is 0 Å². The van der Waals surface area contributed by atoms with E-state index in [0.717, 1.165) is 6.42 Å². The highest BCUT2D eigenvalue weighted by Crippen LogP contribution is 2.32. The maximum Gasteiger partial charge on any atom is 0.217 e. The van der Waals surface area contributed by atoms with Gasteiger partial charge in [0, 0.05) is 18.9 Å². The van der Waals surface area contributed by atoms with Crippen molar-refractivity contribution in [3.05, 3.63) is 35.4 Å². The second-order valence-electron chi connectivity index (χ2n) is 4.00. The minimum Gasteiger partial charge on any atom is -0.353 e. The molecule has 2 rings (SSSR count). The molecule has 0 saturated heterocycles. The van der Waals surface area contributed by atoms with Crippen molar-refractivity contribution in [3.63, 3.8) is 0 Å². The second-order valence-corrected chi connectivity index (χ2v) is 4.00. The summed E-state index contributed by atoms with van der Waals surface area (Å²) in [6, 6.07) is 8.70. The van der Waals surface area contributed by atoms with Crippen LogP contribution in [0.25, 0.3) is 0 Å². The lowest BCUT2D eigenvalue weighted by atomic mass is 10.0. The molecular formula is C12H15NO. The molecule has 1 unspecified atom stereocenters. The lowest BCUT2D eigenvalue weighted by Crippen LogP contribution is -2.35. The molecule has 1 aromatic carbocycles. The predicted molar refractivity (Wildman–Crippen MR) is 56.2 cm³/mol. The number of fused-ring (bicyclic) bond motifs is 1. The van der Waals surface area contributed by atoms with Crippen LogP contribution in [-0.4, -0.2) is 11.9 Å². The smallest absolute Gasteiger partial charge is 0.217 e. The zero-order valence-corrected chi connectivity index (χ0v) is 8.58. The molecule has 0 aromatic heterocycles. The van der Waals surface area contributed by atoms with Crippen LogP contribution in [0.3, 0.4) is 0 Å². The first-order chi connectivity index (χ1) is 6.68. The lowest BCUT2D eigenvalue weighted by molar-refractivity contribution is -0.119. The Hall–Kier alpha value is -1.31. The number of hydrogen-bond donors (Lipinski definition) is 1. The van der Waals surface area contributed by atoms with Crippen LogP contribution >= 0.6 is 0 Å². The molecule has 0 fully saturated rings. The summed E-state index contributed by atoms with van der Waals surface area (Å²) in [5.74, 6) is 0.504. The van der Waals surface area contributed by atoms with E-state index < -0.39 is 0 Å². The van der Waals surface area contributed by atoms with Crippen LogP contribution in [0.5, 0.6) is 0 Å². The molecular weight excluding hydrogens is 174 g/mol. The van der Waals surface area contributed by atoms with Crippen LogP contribution in [0.15, 0.2) is 24.3 Å². The number of amides is 1. The van der Waals surface area contributed by atoms with Crippen molar-refractivity contribution in [2.75, 3.05) is 0 Å². The summed E-state index contributed by atoms with van der Waals surface area (Å²) in [6.07, 6.45) is 0.969. The summed E-state index contributed by atoms with van der Waals surface area (Å²) in [5, 5.41) is 3.00. The molecule has 1 aromatic rings. The van der Waals surface area contributed by atoms with E-state index in [0.29, 0.717) is 5.92 Å². The van der Waals surface area contributed by atoms with Gasteiger partial charge in [-0.3, -0.25) is 4.79 Å². The SMILES string of the molecule is CC(=O)N[C@H]1Cc2ccccc2C1C. The summed E-state index contributed by atoms with van der Waals surface area (Å²) in [7, 11) is 0. The van der Waals surface area contributed by atoms with E-state index in [1.807, 2.05) is 0 Å². The van der Waals surface area contributed by atoms with Crippen molar-refractivity contribution in [1.82, 2.24) is 5.32 Å². The molecule has 1 N–H and O–H groups in total. The first-order valence-electron chi connectivity index (χ1n) is 5.03. The summed E-state index contributed by atoms with van der Waals surface area (Å²) in [4.78, 5) is 11.0. The van der Waals surface area contributed by atoms with Crippen LogP contribution < -0.4 is 5.32 Å². The van der Waals surface area contributed by atoms with Gasteiger partial charge in [-0.15, -0.1) is 0 Å². The van der Waals surface area contributed by atoms with E-state index in [1.54, 1.807) is 6.92 Å². The highest BCUT2D eigenvalue weighted by Gasteiger charge is 2.28. The third kappa shape index (κ3) is 1.52. The van der Waals surface area contributed by atoms with E-state index in [9.17, 15) is 4.79 Å². The lowest BCUT2D eigenvalue weighted by Gasteiger charge is -2.16. The molecule has 2 atom stereocenters. The van der Waals surface area contributed by atoms with Crippen molar-refractivity contribution in [3.8, 4) is 0 Å². The zero-order chi connectivity index (χ0) is 10.1. The predicted octanol–water partition coefficient (Wildman–Crippen LogP) is 1.85. The Bertz CT molecular complexity index is 359. The van der Waals surface area contributed by atoms with Crippen molar-refractivity contribution in [1.29, 1.82) is 0 Å². The van der Waals surface area contributed by atoms with Crippen molar-refractivity contribution < 1.29 is 4.79 Å². The monoisotopic (exact) mass is 189 g/mol. The fourth-order valence-electron chi connectivity index (χ4n) is 2.23. The Morgan fingerprint density at radius 2 is 2.14 bits per heavy atom. The Labute approximate surface area is 84.3 Å². The Balaban J connectivity index is 2.21. The van der Waals surface area contributed by atoms with Crippen LogP contribution in [0, 0.1) is 0 Å². The van der Waals surface area contributed by atoms with Gasteiger partial charge in [0.25, 0.3) is 0 Å². The number of carbonyl (C=O) groups excluding carboxylic acids is 1. The van der Waals surface area contributed by atoms with E-state index in [1.165, 1.54) is 11.1 Å². The normalized spacial score (nSPS) is 24.4. The average Bonchev–Trinajstić information content (AvgIpc) is 2.44. The van der Waals surface area contributed by atoms with Crippen molar-refractivity contribution in [2.45, 2.75) is 32.2 Å². The van der Waals surface area contributed by atoms with E-state index >= 15 is 0 Å². The highest BCUT2D eigenvalue weighted by molar-refractivity contribution is 5.73. The Morgan fingerprint density at radius 3 is 2.79 bits per heavy atom. The Morgan fingerprint density at radius 1 is 1.43 bits per heavy atom. The van der Waals surface area contributed by atoms with E-state index in [2.05, 4.69) is 36.5 Å². The van der Waals surface area contributed by atoms with Gasteiger partial charge < -0.3 is 5.32 Å². The van der Waals surface area contributed by atoms with Gasteiger partial charge in [0.15, 0.2) is 0 Å². The van der Waals surface area contributed by atoms with Crippen LogP contribution in [0.1, 0.15) is 30.9 Å². The molecule has 1 amide bonds. The van der Waals surface area contributed by atoms with Crippen LogP contribution in [0.4, 0.5) is 0 Å². The fraction of sp³-hybridized carbons (Fsp3) is 0.417. The second kappa shape index (κ2) is 3.45. The van der Waals surface area contributed by atoms with Gasteiger partial charge >= 0.3 is 0 Å². The van der Waals surface area contributed by atoms with Crippen LogP contribution in [0.2, 0.25) is 0 Å². The van der Waals surface area contributed by atoms with Gasteiger partial charge in [0.2, 0.25) is 5.91 Å². The topological polar surface area (TPSA) is 29.1 Å². The summed E-state index contributed by atoms with van der Waals surface area (Å²) < 4.78 is 0. The van der Waals surface area contributed by atoms with Gasteiger partial charge in [-0.1, -0.05) is 31.2 Å². The first-order valence-corrected chi connectivity index (χ1v) is 5.03. The highest BCUT2D eigenvalue weighted by atomic mass is 16.1. The quantitative estimate of drug-likeness (QED) is 0.717. The number of benzene rings is 1. The molecule has 0 radical (unpaired) electrons. The number of rotatable bonds is 1. The molecule has 1 aliphatic rings. The van der Waals surface area contributed by atoms with Gasteiger partial charge in [0.1, 0.15) is 0 Å². The largest absolute Gasteiger partial charge is 0.353 e. The minimum absolute atomic E-state index is 0.0645. The first kappa shape index (κ1) is 9.25. The maximum absolute atomic E-state index is 11.0. The minimum atomic E-state index is 0.0645. The van der Waals surface area contributed by atoms with Crippen molar-refractivity contribution >= 4 is 5.91 Å². The molecule has 2 nitrogen and oxygen atoms in total. The molecule has 0 aliphatic heterocycles. The molecule has 0 saturated carbocycles. The molecule has 74 valence electrons. The van der Waals surface area contributed by atoms with Crippen molar-refractivity contribution in [2.24, 2.45) is 0 Å². The molecule has 0 heterocycles. The molecule has 2 heteroatoms. The molecule has 14 heavy (non-hydrogen) atoms. The number of hydrogen-bond acceptors (Lipinski definition) is 1. The summed E-state index contributed by atoms with van der Waals surface area (Å²) in [5.41, 5.74) is 2.75. The third-order valence-corrected chi connectivity index (χ3v) is 2.98. The van der Waals surface area contributed by atoms with Gasteiger partial charge in [0.05, 0.1) is 0 Å². The standard InChI is InChI=1S/C12H15NO/c1-8-11-6-4-3-5-10(11)7-12(8)13-9(2)14/h3-6,8,12H,7H2,1-2H3,(H,13,14)/t8?,12-/m0/s1. The average molecular weight is 189 g/mol. The number of nitrogens with one attached hydrogen (secondary N) is 1. The van der Waals surface area contributed by atoms with E-state index in [-0.39, 0.29) is 11.9 Å². The van der Waals surface area contributed by atoms with Gasteiger partial charge in [-0.05, 0) is 17.5 Å². The fourth-order valence-corrected chi connectivity index (χ4v) is 2.23. The van der Waals surface area contributed by atoms with Crippen LogP contribution in [-0.2, 0) is 11.2 Å². The molecule has 0 bridgehead atoms. The van der Waals surface area contributed by atoms with Gasteiger partial charge in [-0.25, -0.2) is 0 Å².